The van der Waals surface area contributed by atoms with Crippen molar-refractivity contribution < 1.29 is 40.7 Å². The van der Waals surface area contributed by atoms with Crippen LogP contribution in [0.25, 0.3) is 0 Å². The van der Waals surface area contributed by atoms with Crippen molar-refractivity contribution in [2.45, 2.75) is 45.7 Å². The minimum absolute atomic E-state index is 0.140. The molecule has 0 unspecified atom stereocenters. The molecule has 2 aliphatic rings. The summed E-state index contributed by atoms with van der Waals surface area (Å²) >= 11 is 0. The molecule has 3 amide bonds. The van der Waals surface area contributed by atoms with E-state index < -0.39 is 46.0 Å². The lowest BCUT2D eigenvalue weighted by molar-refractivity contribution is -0.122. The van der Waals surface area contributed by atoms with Gasteiger partial charge in [0.25, 0.3) is 0 Å². The van der Waals surface area contributed by atoms with E-state index in [1.807, 2.05) is 0 Å². The molecule has 0 spiro atoms. The maximum absolute atomic E-state index is 12.3. The first-order chi connectivity index (χ1) is 13.0. The van der Waals surface area contributed by atoms with E-state index in [-0.39, 0.29) is 26.4 Å². The van der Waals surface area contributed by atoms with Crippen molar-refractivity contribution in [2.24, 2.45) is 11.1 Å². The predicted molar refractivity (Wildman–Crippen MR) is 92.7 cm³/mol. The summed E-state index contributed by atoms with van der Waals surface area (Å²) in [7, 11) is -4.57. The Morgan fingerprint density at radius 2 is 1.89 bits per heavy atom. The first-order valence-corrected chi connectivity index (χ1v) is 10.1. The van der Waals surface area contributed by atoms with E-state index in [1.54, 1.807) is 20.8 Å². The van der Waals surface area contributed by atoms with Gasteiger partial charge in [0.1, 0.15) is 12.6 Å². The van der Waals surface area contributed by atoms with Crippen LogP contribution in [0.2, 0.25) is 0 Å². The molecule has 0 radical (unpaired) electrons. The van der Waals surface area contributed by atoms with Gasteiger partial charge in [-0.15, -0.1) is 4.28 Å². The molecule has 2 fully saturated rings. The second-order valence-corrected chi connectivity index (χ2v) is 8.49. The number of hydrogen-bond acceptors (Lipinski definition) is 9. The first-order valence-electron chi connectivity index (χ1n) is 8.73. The van der Waals surface area contributed by atoms with Crippen molar-refractivity contribution in [3.05, 3.63) is 0 Å². The second kappa shape index (κ2) is 8.49. The van der Waals surface area contributed by atoms with Crippen LogP contribution in [0.3, 0.4) is 0 Å². The Morgan fingerprint density at radius 1 is 1.21 bits per heavy atom. The Hall–Kier alpha value is -2.12. The zero-order valence-corrected chi connectivity index (χ0v) is 16.8. The quantitative estimate of drug-likeness (QED) is 0.509. The molecule has 0 aromatic rings. The van der Waals surface area contributed by atoms with Crippen molar-refractivity contribution in [1.29, 1.82) is 0 Å². The van der Waals surface area contributed by atoms with Gasteiger partial charge in [0.2, 0.25) is 5.91 Å². The number of ether oxygens (including phenoxy) is 2. The fourth-order valence-electron chi connectivity index (χ4n) is 2.83. The molecule has 0 aromatic carbocycles. The summed E-state index contributed by atoms with van der Waals surface area (Å²) in [6.45, 7) is 4.61. The Labute approximate surface area is 163 Å². The summed E-state index contributed by atoms with van der Waals surface area (Å²) < 4.78 is 43.4. The molecule has 0 saturated carbocycles. The van der Waals surface area contributed by atoms with Crippen LogP contribution in [0.15, 0.2) is 0 Å². The van der Waals surface area contributed by atoms with Crippen molar-refractivity contribution in [2.75, 3.05) is 26.4 Å². The topological polar surface area (TPSA) is 155 Å². The lowest BCUT2D eigenvalue weighted by Crippen LogP contribution is -2.47. The highest BCUT2D eigenvalue weighted by Gasteiger charge is 2.49. The fraction of sp³-hybridized carbons (Fsp3) is 0.800. The molecule has 12 nitrogen and oxygen atoms in total. The normalized spacial score (nSPS) is 22.3. The summed E-state index contributed by atoms with van der Waals surface area (Å²) in [5.41, 5.74) is 4.40. The van der Waals surface area contributed by atoms with Gasteiger partial charge in [-0.1, -0.05) is 13.8 Å². The predicted octanol–water partition coefficient (Wildman–Crippen LogP) is 0.133. The second-order valence-electron chi connectivity index (χ2n) is 7.29. The monoisotopic (exact) mass is 423 g/mol. The molecular formula is C15H25N3O9S. The molecule has 2 bridgehead atoms. The van der Waals surface area contributed by atoms with Gasteiger partial charge in [-0.3, -0.25) is 4.79 Å². The highest BCUT2D eigenvalue weighted by molar-refractivity contribution is 7.81. The molecule has 2 atom stereocenters. The van der Waals surface area contributed by atoms with Gasteiger partial charge in [-0.05, 0) is 19.8 Å². The number of carbonyl (C=O) groups excluding carboxylic acids is 3. The standard InChI is InChI=1S/C15H25N3O9S/c1-4-24-14(21)25-8-15(2,3)9-26-28(22,23)27-18-10-5-6-11(12(16)19)17(7-10)13(18)20/h10-11H,4-9H2,1-3H3,(H2,16,19)/t10-,11+/m1/s1. The summed E-state index contributed by atoms with van der Waals surface area (Å²) in [6, 6.07) is -2.08. The van der Waals surface area contributed by atoms with Crippen LogP contribution in [0.4, 0.5) is 9.59 Å². The lowest BCUT2D eigenvalue weighted by Gasteiger charge is -2.27. The number of fused-ring (bicyclic) bond motifs is 2. The Morgan fingerprint density at radius 3 is 2.50 bits per heavy atom. The number of hydroxylamine groups is 2. The van der Waals surface area contributed by atoms with Crippen molar-refractivity contribution in [3.63, 3.8) is 0 Å². The molecule has 2 saturated heterocycles. The van der Waals surface area contributed by atoms with E-state index in [2.05, 4.69) is 4.74 Å². The maximum atomic E-state index is 12.3. The van der Waals surface area contributed by atoms with Crippen LogP contribution < -0.4 is 5.73 Å². The molecule has 0 aromatic heterocycles. The smallest absolute Gasteiger partial charge is 0.435 e. The number of primary amides is 1. The number of carbonyl (C=O) groups is 3. The molecule has 2 heterocycles. The maximum Gasteiger partial charge on any atom is 0.508 e. The molecule has 13 heteroatoms. The van der Waals surface area contributed by atoms with E-state index in [0.29, 0.717) is 17.9 Å². The van der Waals surface area contributed by atoms with Gasteiger partial charge in [0.05, 0.1) is 19.3 Å². The number of rotatable bonds is 9. The van der Waals surface area contributed by atoms with E-state index in [0.717, 1.165) is 0 Å². The minimum Gasteiger partial charge on any atom is -0.435 e. The van der Waals surface area contributed by atoms with E-state index in [9.17, 15) is 22.8 Å². The summed E-state index contributed by atoms with van der Waals surface area (Å²) in [5, 5.41) is 0.695. The van der Waals surface area contributed by atoms with Gasteiger partial charge >= 0.3 is 22.6 Å². The number of piperidine rings is 1. The number of amides is 3. The molecule has 160 valence electrons. The van der Waals surface area contributed by atoms with Crippen molar-refractivity contribution >= 4 is 28.5 Å². The molecular weight excluding hydrogens is 398 g/mol. The van der Waals surface area contributed by atoms with Crippen LogP contribution in [-0.2, 0) is 33.1 Å². The third-order valence-corrected chi connectivity index (χ3v) is 5.01. The van der Waals surface area contributed by atoms with Crippen LogP contribution in [0.1, 0.15) is 33.6 Å². The molecule has 2 rings (SSSR count). The average molecular weight is 423 g/mol. The highest BCUT2D eigenvalue weighted by atomic mass is 32.3. The Balaban J connectivity index is 1.91. The summed E-state index contributed by atoms with van der Waals surface area (Å²) in [5.74, 6) is -0.656. The number of urea groups is 1. The lowest BCUT2D eigenvalue weighted by atomic mass is 9.97. The molecule has 2 aliphatic heterocycles. The van der Waals surface area contributed by atoms with Gasteiger partial charge in [0, 0.05) is 12.0 Å². The molecule has 2 N–H and O–H groups in total. The van der Waals surface area contributed by atoms with Crippen LogP contribution in [-0.4, -0.2) is 74.9 Å². The highest BCUT2D eigenvalue weighted by Crippen LogP contribution is 2.31. The third-order valence-electron chi connectivity index (χ3n) is 4.26. The van der Waals surface area contributed by atoms with Gasteiger partial charge in [-0.25, -0.2) is 13.8 Å². The van der Waals surface area contributed by atoms with Crippen LogP contribution >= 0.6 is 0 Å². The molecule has 0 aliphatic carbocycles. The average Bonchev–Trinajstić information content (AvgIpc) is 2.83. The number of nitrogens with two attached hydrogens (primary N) is 1. The SMILES string of the molecule is CCOC(=O)OCC(C)(C)COS(=O)(=O)ON1C(=O)N2C[C@H]1CC[C@H]2C(N)=O. The number of nitrogens with zero attached hydrogens (tertiary/aromatic N) is 2. The molecule has 28 heavy (non-hydrogen) atoms. The van der Waals surface area contributed by atoms with Crippen LogP contribution in [0, 0.1) is 5.41 Å². The van der Waals surface area contributed by atoms with E-state index >= 15 is 0 Å². The minimum atomic E-state index is -4.57. The van der Waals surface area contributed by atoms with E-state index in [1.165, 1.54) is 4.90 Å². The van der Waals surface area contributed by atoms with Gasteiger partial charge in [0.15, 0.2) is 0 Å². The van der Waals surface area contributed by atoms with Crippen LogP contribution in [0.5, 0.6) is 0 Å². The van der Waals surface area contributed by atoms with Crippen molar-refractivity contribution in [1.82, 2.24) is 9.96 Å². The first kappa shape index (κ1) is 22.2. The zero-order valence-electron chi connectivity index (χ0n) is 16.0. The van der Waals surface area contributed by atoms with Gasteiger partial charge in [-0.2, -0.15) is 13.5 Å². The van der Waals surface area contributed by atoms with E-state index in [4.69, 9.17) is 18.9 Å². The summed E-state index contributed by atoms with van der Waals surface area (Å²) in [6.07, 6.45) is -0.183. The fourth-order valence-corrected chi connectivity index (χ4v) is 3.72. The Bertz CT molecular complexity index is 724. The zero-order chi connectivity index (χ0) is 21.1. The summed E-state index contributed by atoms with van der Waals surface area (Å²) in [4.78, 5) is 36.2. The Kier molecular flexibility index (Phi) is 6.72. The third kappa shape index (κ3) is 5.45. The largest absolute Gasteiger partial charge is 0.508 e. The van der Waals surface area contributed by atoms with Gasteiger partial charge < -0.3 is 20.1 Å². The number of hydrogen-bond donors (Lipinski definition) is 1. The van der Waals surface area contributed by atoms with Crippen molar-refractivity contribution in [3.8, 4) is 0 Å².